The Kier molecular flexibility index (Phi) is 8.10. The number of benzene rings is 2. The SMILES string of the molecule is COc1ccccc1NC(=O)[C@H](C)OC(=O)c1cccc(S(=O)(=O)N(C)C2CCCCC2)c1. The Labute approximate surface area is 194 Å². The Bertz CT molecular complexity index is 1100. The van der Waals surface area contributed by atoms with Crippen molar-refractivity contribution in [2.75, 3.05) is 19.5 Å². The summed E-state index contributed by atoms with van der Waals surface area (Å²) in [6.45, 7) is 1.44. The van der Waals surface area contributed by atoms with Gasteiger partial charge in [-0.05, 0) is 50.1 Å². The number of carbonyl (C=O) groups excluding carboxylic acids is 2. The van der Waals surface area contributed by atoms with Crippen molar-refractivity contribution in [1.29, 1.82) is 0 Å². The van der Waals surface area contributed by atoms with Gasteiger partial charge in [0.05, 0.1) is 23.3 Å². The number of hydrogen-bond donors (Lipinski definition) is 1. The van der Waals surface area contributed by atoms with E-state index in [0.717, 1.165) is 32.1 Å². The van der Waals surface area contributed by atoms with E-state index in [1.807, 2.05) is 0 Å². The van der Waals surface area contributed by atoms with Gasteiger partial charge in [-0.15, -0.1) is 0 Å². The van der Waals surface area contributed by atoms with Gasteiger partial charge in [0.25, 0.3) is 5.91 Å². The number of sulfonamides is 1. The summed E-state index contributed by atoms with van der Waals surface area (Å²) in [4.78, 5) is 25.2. The number of ether oxygens (including phenoxy) is 2. The van der Waals surface area contributed by atoms with Crippen molar-refractivity contribution in [2.24, 2.45) is 0 Å². The summed E-state index contributed by atoms with van der Waals surface area (Å²) in [7, 11) is -0.684. The monoisotopic (exact) mass is 474 g/mol. The molecule has 0 spiro atoms. The lowest BCUT2D eigenvalue weighted by molar-refractivity contribution is -0.123. The van der Waals surface area contributed by atoms with Gasteiger partial charge in [0.1, 0.15) is 5.75 Å². The fourth-order valence-electron chi connectivity index (χ4n) is 3.86. The molecule has 1 amide bonds. The number of esters is 1. The Morgan fingerprint density at radius 3 is 2.45 bits per heavy atom. The van der Waals surface area contributed by atoms with Crippen LogP contribution < -0.4 is 10.1 Å². The second-order valence-corrected chi connectivity index (χ2v) is 10.1. The zero-order chi connectivity index (χ0) is 24.0. The first-order valence-corrected chi connectivity index (χ1v) is 12.4. The highest BCUT2D eigenvalue weighted by atomic mass is 32.2. The second-order valence-electron chi connectivity index (χ2n) is 8.08. The summed E-state index contributed by atoms with van der Waals surface area (Å²) in [6, 6.07) is 12.6. The Morgan fingerprint density at radius 1 is 1.06 bits per heavy atom. The van der Waals surface area contributed by atoms with E-state index in [4.69, 9.17) is 9.47 Å². The molecule has 33 heavy (non-hydrogen) atoms. The van der Waals surface area contributed by atoms with E-state index >= 15 is 0 Å². The molecule has 0 aromatic heterocycles. The maximum Gasteiger partial charge on any atom is 0.338 e. The van der Waals surface area contributed by atoms with E-state index in [9.17, 15) is 18.0 Å². The molecule has 1 atom stereocenters. The smallest absolute Gasteiger partial charge is 0.338 e. The zero-order valence-corrected chi connectivity index (χ0v) is 19.9. The molecule has 1 aliphatic carbocycles. The van der Waals surface area contributed by atoms with E-state index in [1.165, 1.54) is 42.6 Å². The molecule has 0 radical (unpaired) electrons. The zero-order valence-electron chi connectivity index (χ0n) is 19.1. The summed E-state index contributed by atoms with van der Waals surface area (Å²) in [5.74, 6) is -0.840. The predicted octanol–water partition coefficient (Wildman–Crippen LogP) is 3.83. The van der Waals surface area contributed by atoms with Crippen molar-refractivity contribution in [1.82, 2.24) is 4.31 Å². The largest absolute Gasteiger partial charge is 0.495 e. The molecule has 8 nitrogen and oxygen atoms in total. The lowest BCUT2D eigenvalue weighted by atomic mass is 9.96. The van der Waals surface area contributed by atoms with Crippen LogP contribution in [0.15, 0.2) is 53.4 Å². The quantitative estimate of drug-likeness (QED) is 0.584. The van der Waals surface area contributed by atoms with Crippen LogP contribution in [0.25, 0.3) is 0 Å². The first-order valence-electron chi connectivity index (χ1n) is 11.0. The molecular weight excluding hydrogens is 444 g/mol. The summed E-state index contributed by atoms with van der Waals surface area (Å²) < 4.78 is 38.1. The molecule has 2 aromatic carbocycles. The fourth-order valence-corrected chi connectivity index (χ4v) is 5.32. The second kappa shape index (κ2) is 10.8. The number of hydrogen-bond acceptors (Lipinski definition) is 6. The minimum atomic E-state index is -3.76. The number of anilines is 1. The Hall–Kier alpha value is -2.91. The van der Waals surface area contributed by atoms with Gasteiger partial charge in [0.2, 0.25) is 10.0 Å². The minimum Gasteiger partial charge on any atom is -0.495 e. The normalized spacial score (nSPS) is 15.6. The van der Waals surface area contributed by atoms with E-state index in [0.29, 0.717) is 11.4 Å². The molecular formula is C24H30N2O6S. The van der Waals surface area contributed by atoms with Gasteiger partial charge >= 0.3 is 5.97 Å². The minimum absolute atomic E-state index is 0.0242. The van der Waals surface area contributed by atoms with Gasteiger partial charge in [-0.3, -0.25) is 4.79 Å². The average molecular weight is 475 g/mol. The Balaban J connectivity index is 1.69. The average Bonchev–Trinajstić information content (AvgIpc) is 2.84. The van der Waals surface area contributed by atoms with Crippen LogP contribution in [-0.4, -0.2) is 50.9 Å². The van der Waals surface area contributed by atoms with Crippen LogP contribution in [0.4, 0.5) is 5.69 Å². The van der Waals surface area contributed by atoms with Gasteiger partial charge in [0, 0.05) is 13.1 Å². The standard InChI is InChI=1S/C24H30N2O6S/c1-17(23(27)25-21-14-7-8-15-22(21)31-3)32-24(28)18-10-9-13-20(16-18)33(29,30)26(2)19-11-5-4-6-12-19/h7-10,13-17,19H,4-6,11-12H2,1-3H3,(H,25,27)/t17-/m0/s1. The van der Waals surface area contributed by atoms with Crippen molar-refractivity contribution >= 4 is 27.6 Å². The number of nitrogens with one attached hydrogen (secondary N) is 1. The molecule has 0 aliphatic heterocycles. The molecule has 0 unspecified atom stereocenters. The fraction of sp³-hybridized carbons (Fsp3) is 0.417. The lowest BCUT2D eigenvalue weighted by Crippen LogP contribution is -2.38. The highest BCUT2D eigenvalue weighted by Gasteiger charge is 2.30. The highest BCUT2D eigenvalue weighted by molar-refractivity contribution is 7.89. The van der Waals surface area contributed by atoms with Gasteiger partial charge in [0.15, 0.2) is 6.10 Å². The maximum absolute atomic E-state index is 13.1. The van der Waals surface area contributed by atoms with Gasteiger partial charge in [-0.25, -0.2) is 13.2 Å². The summed E-state index contributed by atoms with van der Waals surface area (Å²) in [5, 5.41) is 2.66. The molecule has 9 heteroatoms. The van der Waals surface area contributed by atoms with Crippen LogP contribution in [0.5, 0.6) is 5.75 Å². The third-order valence-electron chi connectivity index (χ3n) is 5.85. The van der Waals surface area contributed by atoms with Crippen LogP contribution in [0, 0.1) is 0 Å². The summed E-state index contributed by atoms with van der Waals surface area (Å²) in [6.07, 6.45) is 3.69. The number of amides is 1. The number of methoxy groups -OCH3 is 1. The molecule has 1 fully saturated rings. The molecule has 1 saturated carbocycles. The molecule has 1 N–H and O–H groups in total. The van der Waals surface area contributed by atoms with Gasteiger partial charge in [-0.1, -0.05) is 37.5 Å². The van der Waals surface area contributed by atoms with E-state index in [1.54, 1.807) is 31.3 Å². The molecule has 2 aromatic rings. The van der Waals surface area contributed by atoms with Crippen LogP contribution in [0.2, 0.25) is 0 Å². The van der Waals surface area contributed by atoms with Crippen molar-refractivity contribution < 1.29 is 27.5 Å². The van der Waals surface area contributed by atoms with Crippen LogP contribution in [0.3, 0.4) is 0 Å². The molecule has 0 bridgehead atoms. The molecule has 0 heterocycles. The first kappa shape index (κ1) is 24.7. The van der Waals surface area contributed by atoms with E-state index < -0.39 is 28.0 Å². The number of nitrogens with zero attached hydrogens (tertiary/aromatic N) is 1. The van der Waals surface area contributed by atoms with E-state index in [2.05, 4.69) is 5.32 Å². The third kappa shape index (κ3) is 5.91. The number of carbonyl (C=O) groups is 2. The van der Waals surface area contributed by atoms with Crippen molar-refractivity contribution in [3.8, 4) is 5.75 Å². The Morgan fingerprint density at radius 2 is 1.76 bits per heavy atom. The summed E-state index contributed by atoms with van der Waals surface area (Å²) in [5.41, 5.74) is 0.511. The van der Waals surface area contributed by atoms with Crippen LogP contribution >= 0.6 is 0 Å². The first-order chi connectivity index (χ1) is 15.7. The lowest BCUT2D eigenvalue weighted by Gasteiger charge is -2.30. The maximum atomic E-state index is 13.1. The van der Waals surface area contributed by atoms with Gasteiger partial charge < -0.3 is 14.8 Å². The third-order valence-corrected chi connectivity index (χ3v) is 7.76. The topological polar surface area (TPSA) is 102 Å². The number of para-hydroxylation sites is 2. The number of rotatable bonds is 8. The van der Waals surface area contributed by atoms with Crippen molar-refractivity contribution in [2.45, 2.75) is 56.1 Å². The summed E-state index contributed by atoms with van der Waals surface area (Å²) >= 11 is 0. The van der Waals surface area contributed by atoms with Crippen molar-refractivity contribution in [3.05, 3.63) is 54.1 Å². The van der Waals surface area contributed by atoms with Crippen LogP contribution in [0.1, 0.15) is 49.4 Å². The van der Waals surface area contributed by atoms with Crippen molar-refractivity contribution in [3.63, 3.8) is 0 Å². The van der Waals surface area contributed by atoms with Gasteiger partial charge in [-0.2, -0.15) is 4.31 Å². The molecule has 3 rings (SSSR count). The molecule has 1 aliphatic rings. The molecule has 178 valence electrons. The molecule has 0 saturated heterocycles. The highest BCUT2D eigenvalue weighted by Crippen LogP contribution is 2.27. The van der Waals surface area contributed by atoms with Crippen LogP contribution in [-0.2, 0) is 19.6 Å². The van der Waals surface area contributed by atoms with E-state index in [-0.39, 0.29) is 16.5 Å². The predicted molar refractivity (Wildman–Crippen MR) is 125 cm³/mol.